The minimum absolute atomic E-state index is 0.00395. The highest BCUT2D eigenvalue weighted by Crippen LogP contribution is 2.53. The third-order valence-corrected chi connectivity index (χ3v) is 21.6. The van der Waals surface area contributed by atoms with Gasteiger partial charge in [-0.2, -0.15) is 0 Å². The molecule has 2 aliphatic heterocycles. The molecule has 4 aromatic carbocycles. The van der Waals surface area contributed by atoms with Crippen LogP contribution in [-0.4, -0.2) is 126 Å². The first-order chi connectivity index (χ1) is 37.5. The Bertz CT molecular complexity index is 2370. The van der Waals surface area contributed by atoms with Crippen LogP contribution in [0.25, 0.3) is 0 Å². The molecule has 0 fully saturated rings. The fourth-order valence-corrected chi connectivity index (χ4v) is 12.3. The van der Waals surface area contributed by atoms with Crippen molar-refractivity contribution in [2.24, 2.45) is 0 Å². The van der Waals surface area contributed by atoms with Crippen LogP contribution in [-0.2, 0) is 43.7 Å². The lowest BCUT2D eigenvalue weighted by Gasteiger charge is -2.43. The van der Waals surface area contributed by atoms with Gasteiger partial charge in [-0.3, -0.25) is 4.79 Å². The molecule has 1 N–H and O–H groups in total. The highest BCUT2D eigenvalue weighted by molar-refractivity contribution is 7.99. The maximum Gasteiger partial charge on any atom is 0.191 e. The van der Waals surface area contributed by atoms with Crippen molar-refractivity contribution in [2.45, 2.75) is 131 Å². The number of thioether (sulfide) groups is 2. The first kappa shape index (κ1) is 66.4. The number of carbonyl (C=O) groups excluding carboxylic acids is 1. The molecule has 3 unspecified atom stereocenters. The zero-order chi connectivity index (χ0) is 56.9. The van der Waals surface area contributed by atoms with Crippen LogP contribution >= 0.6 is 23.5 Å². The topological polar surface area (TPSA) is 139 Å². The molecular weight excluding hydrogens is 1040 g/mol. The van der Waals surface area contributed by atoms with Gasteiger partial charge in [0.25, 0.3) is 0 Å². The van der Waals surface area contributed by atoms with Gasteiger partial charge in [-0.25, -0.2) is 0 Å². The summed E-state index contributed by atoms with van der Waals surface area (Å²) in [5, 5.41) is 9.17. The van der Waals surface area contributed by atoms with Gasteiger partial charge in [0.1, 0.15) is 23.0 Å². The summed E-state index contributed by atoms with van der Waals surface area (Å²) in [6, 6.07) is 28.1. The number of Topliss-reactive ketones (excluding diaryl/α,β-unsaturated/α-hetero) is 1. The number of methoxy groups -OCH3 is 4. The molecule has 432 valence electrons. The summed E-state index contributed by atoms with van der Waals surface area (Å²) >= 11 is 3.57. The summed E-state index contributed by atoms with van der Waals surface area (Å²) in [6.07, 6.45) is 13.0. The van der Waals surface area contributed by atoms with Crippen molar-refractivity contribution in [3.63, 3.8) is 0 Å². The largest absolute Gasteiger partial charge is 0.468 e. The van der Waals surface area contributed by atoms with Gasteiger partial charge in [0.15, 0.2) is 41.3 Å². The number of aliphatic hydroxyl groups excluding tert-OH is 1. The molecule has 6 rings (SSSR count). The number of aliphatic hydroxyl groups is 1. The van der Waals surface area contributed by atoms with E-state index >= 15 is 0 Å². The summed E-state index contributed by atoms with van der Waals surface area (Å²) in [7, 11) is 4.85. The maximum absolute atomic E-state index is 13.2. The van der Waals surface area contributed by atoms with E-state index in [2.05, 4.69) is 77.0 Å². The van der Waals surface area contributed by atoms with Crippen molar-refractivity contribution in [2.75, 3.05) is 107 Å². The average molecular weight is 1140 g/mol. The first-order valence-corrected chi connectivity index (χ1v) is 32.0. The van der Waals surface area contributed by atoms with Crippen LogP contribution in [0.1, 0.15) is 119 Å². The van der Waals surface area contributed by atoms with Gasteiger partial charge in [-0.05, 0) is 134 Å². The predicted molar refractivity (Wildman–Crippen MR) is 317 cm³/mol. The molecule has 0 aliphatic carbocycles. The van der Waals surface area contributed by atoms with Crippen LogP contribution in [0.4, 0.5) is 0 Å². The Kier molecular flexibility index (Phi) is 29.7. The number of ether oxygens (including phenoxy) is 10. The lowest BCUT2D eigenvalue weighted by Crippen LogP contribution is -2.41. The SMILES string of the molecule is C#CCCCOCCCO[Si](C)(C)C(C)(C)C.COCOc1ccc(C2(C)CSc3cc(OCOC)ccc3C2=O)cc1.COCOc1ccc(C2(C)CSc3cc(OCOC)ccc3C2CCCCCOCCCO)cc1. The number of ketones is 1. The van der Waals surface area contributed by atoms with Crippen LogP contribution in [0.2, 0.25) is 18.1 Å². The third kappa shape index (κ3) is 20.8. The molecule has 13 nitrogen and oxygen atoms in total. The molecule has 0 spiro atoms. The first-order valence-electron chi connectivity index (χ1n) is 27.1. The summed E-state index contributed by atoms with van der Waals surface area (Å²) in [5.41, 5.74) is 3.86. The van der Waals surface area contributed by atoms with Gasteiger partial charge in [-0.1, -0.05) is 70.9 Å². The van der Waals surface area contributed by atoms with E-state index in [1.165, 1.54) is 16.0 Å². The Labute approximate surface area is 476 Å². The fourth-order valence-electron chi connectivity index (χ4n) is 8.59. The van der Waals surface area contributed by atoms with E-state index in [0.717, 1.165) is 110 Å². The van der Waals surface area contributed by atoms with Crippen molar-refractivity contribution < 1.29 is 61.7 Å². The van der Waals surface area contributed by atoms with Crippen LogP contribution in [0, 0.1) is 12.3 Å². The highest BCUT2D eigenvalue weighted by Gasteiger charge is 2.42. The van der Waals surface area contributed by atoms with Gasteiger partial charge in [0.2, 0.25) is 0 Å². The maximum atomic E-state index is 13.2. The molecule has 3 atom stereocenters. The van der Waals surface area contributed by atoms with E-state index < -0.39 is 13.7 Å². The molecule has 0 aromatic heterocycles. The van der Waals surface area contributed by atoms with Crippen LogP contribution in [0.15, 0.2) is 94.7 Å². The van der Waals surface area contributed by atoms with E-state index in [9.17, 15) is 4.79 Å². The van der Waals surface area contributed by atoms with E-state index in [-0.39, 0.29) is 45.0 Å². The van der Waals surface area contributed by atoms with Crippen molar-refractivity contribution in [3.8, 4) is 35.3 Å². The molecule has 2 heterocycles. The number of rotatable bonds is 31. The van der Waals surface area contributed by atoms with Crippen molar-refractivity contribution in [1.82, 2.24) is 0 Å². The summed E-state index contributed by atoms with van der Waals surface area (Å²) in [5.74, 6) is 7.89. The Morgan fingerprint density at radius 2 is 1.12 bits per heavy atom. The summed E-state index contributed by atoms with van der Waals surface area (Å²) in [4.78, 5) is 15.4. The van der Waals surface area contributed by atoms with Crippen LogP contribution in [0.3, 0.4) is 0 Å². The molecule has 16 heteroatoms. The number of hydrogen-bond acceptors (Lipinski definition) is 15. The minimum Gasteiger partial charge on any atom is -0.468 e. The third-order valence-electron chi connectivity index (χ3n) is 14.3. The van der Waals surface area contributed by atoms with E-state index in [1.54, 1.807) is 40.2 Å². The van der Waals surface area contributed by atoms with Gasteiger partial charge in [0, 0.05) is 107 Å². The summed E-state index contributed by atoms with van der Waals surface area (Å²) in [6.45, 7) is 20.6. The fraction of sp³-hybridized carbons (Fsp3) is 0.565. The predicted octanol–water partition coefficient (Wildman–Crippen LogP) is 13.5. The van der Waals surface area contributed by atoms with Crippen molar-refractivity contribution in [3.05, 3.63) is 107 Å². The quantitative estimate of drug-likeness (QED) is 0.0221. The number of unbranched alkanes of at least 4 members (excludes halogenated alkanes) is 3. The summed E-state index contributed by atoms with van der Waals surface area (Å²) < 4.78 is 59.3. The monoisotopic (exact) mass is 1130 g/mol. The molecule has 0 saturated heterocycles. The van der Waals surface area contributed by atoms with Gasteiger partial charge in [0.05, 0.1) is 5.41 Å². The van der Waals surface area contributed by atoms with Crippen molar-refractivity contribution in [1.29, 1.82) is 0 Å². The second kappa shape index (κ2) is 34.9. The Hall–Kier alpha value is -4.09. The van der Waals surface area contributed by atoms with Crippen LogP contribution in [0.5, 0.6) is 23.0 Å². The Morgan fingerprint density at radius 3 is 1.68 bits per heavy atom. The number of benzene rings is 4. The highest BCUT2D eigenvalue weighted by atomic mass is 32.2. The molecule has 2 aliphatic rings. The van der Waals surface area contributed by atoms with Crippen molar-refractivity contribution >= 4 is 37.6 Å². The molecule has 0 bridgehead atoms. The lowest BCUT2D eigenvalue weighted by molar-refractivity contribution is 0.0507. The molecular formula is C62H90O13S2Si. The zero-order valence-electron chi connectivity index (χ0n) is 48.5. The number of terminal acetylenes is 1. The van der Waals surface area contributed by atoms with E-state index in [4.69, 9.17) is 63.3 Å². The van der Waals surface area contributed by atoms with E-state index in [0.29, 0.717) is 35.5 Å². The normalized spacial score (nSPS) is 17.8. The number of hydrogen-bond donors (Lipinski definition) is 1. The number of carbonyl (C=O) groups is 1. The Balaban J connectivity index is 0.000000269. The standard InChI is InChI=1S/C28H40O6S.C20H22O5S.C14H28O2Si/c1-28(22-9-11-23(12-10-22)33-20-30-2)19-35-27-18-24(34-21-31-3)13-14-25(27)26(28)8-5-4-6-16-32-17-7-15-29;1-20(14-4-6-15(7-5-14)24-12-22-2)11-26-18-10-16(25-13-23-3)8-9-17(18)19(20)21;1-7-8-9-11-15-12-10-13-16-17(5,6)14(2,3)4/h9-14,18,26,29H,4-8,15-17,19-21H2,1-3H3;4-10H,11-13H2,1-3H3;1H,8-13H2,2-6H3. The average Bonchev–Trinajstić information content (AvgIpc) is 3.52. The number of fused-ring (bicyclic) bond motifs is 2. The smallest absolute Gasteiger partial charge is 0.191 e. The zero-order valence-corrected chi connectivity index (χ0v) is 51.2. The lowest BCUT2D eigenvalue weighted by atomic mass is 9.68. The van der Waals surface area contributed by atoms with Gasteiger partial charge >= 0.3 is 0 Å². The molecule has 78 heavy (non-hydrogen) atoms. The second-order valence-electron chi connectivity index (χ2n) is 21.2. The van der Waals surface area contributed by atoms with E-state index in [1.807, 2.05) is 73.3 Å². The molecule has 4 aromatic rings. The van der Waals surface area contributed by atoms with Crippen LogP contribution < -0.4 is 18.9 Å². The minimum atomic E-state index is -1.57. The molecule has 0 amide bonds. The molecule has 0 radical (unpaired) electrons. The van der Waals surface area contributed by atoms with Gasteiger partial charge in [-0.15, -0.1) is 35.9 Å². The second-order valence-corrected chi connectivity index (χ2v) is 28.1. The molecule has 0 saturated carbocycles. The van der Waals surface area contributed by atoms with Gasteiger partial charge < -0.3 is 56.9 Å². The Morgan fingerprint density at radius 1 is 0.615 bits per heavy atom.